The Morgan fingerprint density at radius 2 is 1.62 bits per heavy atom. The maximum atomic E-state index is 6.28. The molecule has 122 valence electrons. The average Bonchev–Trinajstić information content (AvgIpc) is 2.55. The van der Waals surface area contributed by atoms with E-state index in [2.05, 4.69) is 30.6 Å². The van der Waals surface area contributed by atoms with Gasteiger partial charge in [-0.2, -0.15) is 15.0 Å². The fourth-order valence-electron chi connectivity index (χ4n) is 2.08. The van der Waals surface area contributed by atoms with Gasteiger partial charge in [0.05, 0.1) is 5.02 Å². The van der Waals surface area contributed by atoms with Gasteiger partial charge in [-0.05, 0) is 38.1 Å². The number of rotatable bonds is 5. The largest absolute Gasteiger partial charge is 0.352 e. The summed E-state index contributed by atoms with van der Waals surface area (Å²) in [5.74, 6) is 1.44. The maximum absolute atomic E-state index is 6.28. The van der Waals surface area contributed by atoms with Crippen LogP contribution in [0.5, 0.6) is 0 Å². The molecule has 0 saturated carbocycles. The minimum atomic E-state index is 0.195. The fourth-order valence-corrected chi connectivity index (χ4v) is 2.30. The van der Waals surface area contributed by atoms with E-state index in [1.54, 1.807) is 12.4 Å². The quantitative estimate of drug-likeness (QED) is 0.726. The van der Waals surface area contributed by atoms with Crippen molar-refractivity contribution in [3.05, 3.63) is 53.8 Å². The van der Waals surface area contributed by atoms with Gasteiger partial charge in [-0.3, -0.25) is 4.98 Å². The van der Waals surface area contributed by atoms with Crippen LogP contribution in [0.25, 0.3) is 11.4 Å². The van der Waals surface area contributed by atoms with Crippen molar-refractivity contribution in [2.24, 2.45) is 0 Å². The average molecular weight is 341 g/mol. The molecule has 0 aliphatic rings. The normalized spacial score (nSPS) is 10.7. The zero-order valence-corrected chi connectivity index (χ0v) is 14.1. The van der Waals surface area contributed by atoms with Gasteiger partial charge in [0.2, 0.25) is 11.9 Å². The minimum absolute atomic E-state index is 0.195. The highest BCUT2D eigenvalue weighted by atomic mass is 35.5. The van der Waals surface area contributed by atoms with E-state index in [-0.39, 0.29) is 6.04 Å². The summed E-state index contributed by atoms with van der Waals surface area (Å²) in [6, 6.07) is 11.3. The monoisotopic (exact) mass is 340 g/mol. The van der Waals surface area contributed by atoms with Crippen molar-refractivity contribution in [2.75, 3.05) is 10.6 Å². The van der Waals surface area contributed by atoms with E-state index in [4.69, 9.17) is 11.6 Å². The number of nitrogens with one attached hydrogen (secondary N) is 2. The molecule has 2 heterocycles. The topological polar surface area (TPSA) is 75.6 Å². The molecule has 0 saturated heterocycles. The van der Waals surface area contributed by atoms with E-state index in [0.29, 0.717) is 22.7 Å². The lowest BCUT2D eigenvalue weighted by atomic mass is 10.2. The first-order valence-electron chi connectivity index (χ1n) is 7.56. The summed E-state index contributed by atoms with van der Waals surface area (Å²) in [4.78, 5) is 17.4. The van der Waals surface area contributed by atoms with E-state index in [0.717, 1.165) is 11.3 Å². The molecule has 0 aliphatic carbocycles. The first-order valence-corrected chi connectivity index (χ1v) is 7.94. The van der Waals surface area contributed by atoms with Crippen LogP contribution < -0.4 is 10.6 Å². The summed E-state index contributed by atoms with van der Waals surface area (Å²) >= 11 is 6.28. The van der Waals surface area contributed by atoms with Gasteiger partial charge in [0, 0.05) is 29.7 Å². The van der Waals surface area contributed by atoms with E-state index in [1.807, 2.05) is 50.2 Å². The highest BCUT2D eigenvalue weighted by Gasteiger charge is 2.12. The second kappa shape index (κ2) is 7.23. The van der Waals surface area contributed by atoms with Gasteiger partial charge in [-0.25, -0.2) is 0 Å². The lowest BCUT2D eigenvalue weighted by molar-refractivity contribution is 0.869. The zero-order valence-electron chi connectivity index (χ0n) is 13.4. The van der Waals surface area contributed by atoms with Crippen LogP contribution in [0, 0.1) is 0 Å². The lowest BCUT2D eigenvalue weighted by Crippen LogP contribution is -2.14. The van der Waals surface area contributed by atoms with Gasteiger partial charge >= 0.3 is 0 Å². The molecule has 0 spiro atoms. The summed E-state index contributed by atoms with van der Waals surface area (Å²) in [5.41, 5.74) is 1.60. The summed E-state index contributed by atoms with van der Waals surface area (Å²) in [6.45, 7) is 4.05. The third-order valence-corrected chi connectivity index (χ3v) is 3.43. The molecule has 0 unspecified atom stereocenters. The Morgan fingerprint density at radius 1 is 0.917 bits per heavy atom. The Morgan fingerprint density at radius 3 is 2.33 bits per heavy atom. The molecule has 24 heavy (non-hydrogen) atoms. The Balaban J connectivity index is 2.02. The summed E-state index contributed by atoms with van der Waals surface area (Å²) in [7, 11) is 0. The van der Waals surface area contributed by atoms with Gasteiger partial charge in [0.25, 0.3) is 0 Å². The molecule has 0 atom stereocenters. The highest BCUT2D eigenvalue weighted by molar-refractivity contribution is 6.33. The predicted molar refractivity (Wildman–Crippen MR) is 96.6 cm³/mol. The molecule has 3 aromatic rings. The number of pyridine rings is 1. The predicted octanol–water partition coefficient (Wildman–Crippen LogP) is 4.15. The molecule has 0 aliphatic heterocycles. The Labute approximate surface area is 145 Å². The van der Waals surface area contributed by atoms with E-state index >= 15 is 0 Å². The molecule has 1 aromatic carbocycles. The molecule has 3 rings (SSSR count). The van der Waals surface area contributed by atoms with Crippen molar-refractivity contribution in [3.63, 3.8) is 0 Å². The van der Waals surface area contributed by atoms with Crippen molar-refractivity contribution in [3.8, 4) is 11.4 Å². The van der Waals surface area contributed by atoms with Crippen LogP contribution in [-0.4, -0.2) is 26.0 Å². The first-order chi connectivity index (χ1) is 11.6. The van der Waals surface area contributed by atoms with E-state index < -0.39 is 0 Å². The molecular weight excluding hydrogens is 324 g/mol. The second-order valence-electron chi connectivity index (χ2n) is 5.45. The molecule has 2 N–H and O–H groups in total. The van der Waals surface area contributed by atoms with Gasteiger partial charge in [0.15, 0.2) is 5.82 Å². The van der Waals surface area contributed by atoms with Crippen LogP contribution in [0.4, 0.5) is 17.6 Å². The van der Waals surface area contributed by atoms with Gasteiger partial charge in [-0.1, -0.05) is 23.7 Å². The van der Waals surface area contributed by atoms with E-state index in [1.165, 1.54) is 0 Å². The minimum Gasteiger partial charge on any atom is -0.352 e. The summed E-state index contributed by atoms with van der Waals surface area (Å²) < 4.78 is 0. The number of aromatic nitrogens is 4. The highest BCUT2D eigenvalue weighted by Crippen LogP contribution is 2.26. The van der Waals surface area contributed by atoms with Crippen LogP contribution in [0.1, 0.15) is 13.8 Å². The van der Waals surface area contributed by atoms with Crippen molar-refractivity contribution in [2.45, 2.75) is 19.9 Å². The van der Waals surface area contributed by atoms with Crippen molar-refractivity contribution in [1.29, 1.82) is 0 Å². The van der Waals surface area contributed by atoms with Gasteiger partial charge < -0.3 is 10.6 Å². The number of halogens is 1. The number of benzene rings is 1. The lowest BCUT2D eigenvalue weighted by Gasteiger charge is -2.12. The van der Waals surface area contributed by atoms with Crippen LogP contribution in [0.3, 0.4) is 0 Å². The van der Waals surface area contributed by atoms with Crippen LogP contribution >= 0.6 is 11.6 Å². The summed E-state index contributed by atoms with van der Waals surface area (Å²) in [5, 5.41) is 6.96. The molecule has 0 amide bonds. The van der Waals surface area contributed by atoms with Gasteiger partial charge in [0.1, 0.15) is 0 Å². The first kappa shape index (κ1) is 16.1. The molecule has 0 radical (unpaired) electrons. The Kier molecular flexibility index (Phi) is 4.86. The zero-order chi connectivity index (χ0) is 16.9. The van der Waals surface area contributed by atoms with E-state index in [9.17, 15) is 0 Å². The maximum Gasteiger partial charge on any atom is 0.232 e. The Hall–Kier alpha value is -2.73. The third-order valence-electron chi connectivity index (χ3n) is 3.10. The van der Waals surface area contributed by atoms with Crippen LogP contribution in [-0.2, 0) is 0 Å². The molecule has 0 fully saturated rings. The molecule has 7 heteroatoms. The Bertz CT molecular complexity index is 822. The number of hydrogen-bond acceptors (Lipinski definition) is 6. The van der Waals surface area contributed by atoms with Crippen LogP contribution in [0.2, 0.25) is 5.02 Å². The van der Waals surface area contributed by atoms with Gasteiger partial charge in [-0.15, -0.1) is 0 Å². The smallest absolute Gasteiger partial charge is 0.232 e. The summed E-state index contributed by atoms with van der Waals surface area (Å²) in [6.07, 6.45) is 3.40. The van der Waals surface area contributed by atoms with Crippen molar-refractivity contribution >= 4 is 29.2 Å². The van der Waals surface area contributed by atoms with Crippen molar-refractivity contribution < 1.29 is 0 Å². The fraction of sp³-hybridized carbons (Fsp3) is 0.176. The molecular formula is C17H17ClN6. The molecule has 2 aromatic heterocycles. The number of hydrogen-bond donors (Lipinski definition) is 2. The third kappa shape index (κ3) is 3.97. The SMILES string of the molecule is CC(C)Nc1nc(Nc2ccncc2)nc(-c2ccccc2Cl)n1. The number of nitrogens with zero attached hydrogens (tertiary/aromatic N) is 4. The van der Waals surface area contributed by atoms with Crippen LogP contribution in [0.15, 0.2) is 48.8 Å². The molecule has 0 bridgehead atoms. The number of anilines is 3. The molecule has 6 nitrogen and oxygen atoms in total. The second-order valence-corrected chi connectivity index (χ2v) is 5.85. The standard InChI is InChI=1S/C17H17ClN6/c1-11(2)20-16-22-15(13-5-3-4-6-14(13)18)23-17(24-16)21-12-7-9-19-10-8-12/h3-11H,1-2H3,(H2,19,20,21,22,23,24). The van der Waals surface area contributed by atoms with Crippen molar-refractivity contribution in [1.82, 2.24) is 19.9 Å².